The molecule has 0 aromatic carbocycles. The molecular formula is C13H15BrN2OS. The zero-order valence-corrected chi connectivity index (χ0v) is 12.7. The van der Waals surface area contributed by atoms with Gasteiger partial charge in [0.05, 0.1) is 6.54 Å². The summed E-state index contributed by atoms with van der Waals surface area (Å²) in [7, 11) is 0. The molecule has 0 aliphatic rings. The monoisotopic (exact) mass is 326 g/mol. The fourth-order valence-electron chi connectivity index (χ4n) is 1.71. The second-order valence-electron chi connectivity index (χ2n) is 4.34. The van der Waals surface area contributed by atoms with Crippen LogP contribution in [0.2, 0.25) is 0 Å². The van der Waals surface area contributed by atoms with Crippen LogP contribution in [0.15, 0.2) is 34.2 Å². The van der Waals surface area contributed by atoms with Crippen molar-refractivity contribution in [1.29, 1.82) is 0 Å². The average Bonchev–Trinajstić information content (AvgIpc) is 2.95. The van der Waals surface area contributed by atoms with Crippen LogP contribution in [0.5, 0.6) is 0 Å². The van der Waals surface area contributed by atoms with Crippen LogP contribution in [-0.2, 0) is 6.54 Å². The fourth-order valence-corrected chi connectivity index (χ4v) is 2.75. The molecule has 0 aliphatic heterocycles. The van der Waals surface area contributed by atoms with Crippen LogP contribution in [-0.4, -0.2) is 21.8 Å². The molecule has 2 aromatic rings. The van der Waals surface area contributed by atoms with E-state index < -0.39 is 0 Å². The number of hydrogen-bond donors (Lipinski definition) is 1. The maximum Gasteiger partial charge on any atom is 0.270 e. The molecule has 1 amide bonds. The summed E-state index contributed by atoms with van der Waals surface area (Å²) in [4.78, 5) is 18.5. The first-order valence-corrected chi connectivity index (χ1v) is 7.42. The molecule has 5 heteroatoms. The average molecular weight is 327 g/mol. The summed E-state index contributed by atoms with van der Waals surface area (Å²) in [6.45, 7) is 4.72. The minimum Gasteiger partial charge on any atom is -0.356 e. The molecule has 0 fully saturated rings. The van der Waals surface area contributed by atoms with E-state index in [-0.39, 0.29) is 11.9 Å². The van der Waals surface area contributed by atoms with Crippen molar-refractivity contribution in [3.05, 3.63) is 44.8 Å². The maximum absolute atomic E-state index is 12.4. The lowest BCUT2D eigenvalue weighted by atomic mass is 10.2. The van der Waals surface area contributed by atoms with E-state index >= 15 is 0 Å². The molecule has 3 nitrogen and oxygen atoms in total. The largest absolute Gasteiger partial charge is 0.356 e. The lowest BCUT2D eigenvalue weighted by Gasteiger charge is -2.25. The van der Waals surface area contributed by atoms with Crippen molar-refractivity contribution in [1.82, 2.24) is 9.88 Å². The first-order chi connectivity index (χ1) is 8.58. The van der Waals surface area contributed by atoms with Gasteiger partial charge < -0.3 is 9.88 Å². The summed E-state index contributed by atoms with van der Waals surface area (Å²) in [6, 6.07) is 6.04. The number of aromatic amines is 1. The van der Waals surface area contributed by atoms with Crippen LogP contribution < -0.4 is 0 Å². The van der Waals surface area contributed by atoms with Gasteiger partial charge in [0.1, 0.15) is 5.69 Å². The van der Waals surface area contributed by atoms with Crippen LogP contribution >= 0.6 is 27.3 Å². The Morgan fingerprint density at radius 3 is 2.83 bits per heavy atom. The van der Waals surface area contributed by atoms with Gasteiger partial charge in [-0.3, -0.25) is 4.79 Å². The summed E-state index contributed by atoms with van der Waals surface area (Å²) < 4.78 is 0.894. The number of amides is 1. The van der Waals surface area contributed by atoms with Gasteiger partial charge in [-0.15, -0.1) is 11.3 Å². The number of rotatable bonds is 4. The second-order valence-corrected chi connectivity index (χ2v) is 6.29. The zero-order valence-electron chi connectivity index (χ0n) is 10.3. The molecule has 2 rings (SSSR count). The Balaban J connectivity index is 2.17. The fraction of sp³-hybridized carbons (Fsp3) is 0.308. The topological polar surface area (TPSA) is 36.1 Å². The maximum atomic E-state index is 12.4. The van der Waals surface area contributed by atoms with Gasteiger partial charge in [-0.25, -0.2) is 0 Å². The van der Waals surface area contributed by atoms with Crippen molar-refractivity contribution in [2.45, 2.75) is 26.4 Å². The number of carbonyl (C=O) groups is 1. The van der Waals surface area contributed by atoms with Gasteiger partial charge >= 0.3 is 0 Å². The Labute approximate surface area is 119 Å². The van der Waals surface area contributed by atoms with Crippen molar-refractivity contribution in [2.75, 3.05) is 0 Å². The number of thiophene rings is 1. The summed E-state index contributed by atoms with van der Waals surface area (Å²) >= 11 is 5.02. The van der Waals surface area contributed by atoms with Crippen molar-refractivity contribution >= 4 is 33.2 Å². The van der Waals surface area contributed by atoms with E-state index in [1.807, 2.05) is 36.3 Å². The third kappa shape index (κ3) is 3.03. The quantitative estimate of drug-likeness (QED) is 0.909. The third-order valence-electron chi connectivity index (χ3n) is 2.67. The predicted molar refractivity (Wildman–Crippen MR) is 77.8 cm³/mol. The molecule has 0 aliphatic carbocycles. The van der Waals surface area contributed by atoms with Crippen molar-refractivity contribution in [3.63, 3.8) is 0 Å². The van der Waals surface area contributed by atoms with E-state index in [0.717, 1.165) is 4.47 Å². The van der Waals surface area contributed by atoms with Gasteiger partial charge in [-0.2, -0.15) is 0 Å². The molecule has 0 unspecified atom stereocenters. The highest BCUT2D eigenvalue weighted by molar-refractivity contribution is 9.10. The SMILES string of the molecule is CC(C)N(Cc1cccs1)C(=O)c1cc(Br)c[nH]1. The Hall–Kier alpha value is -1.07. The number of nitrogens with zero attached hydrogens (tertiary/aromatic N) is 1. The predicted octanol–water partition coefficient (Wildman–Crippen LogP) is 3.89. The molecule has 2 heterocycles. The molecule has 2 aromatic heterocycles. The van der Waals surface area contributed by atoms with E-state index in [2.05, 4.69) is 27.0 Å². The van der Waals surface area contributed by atoms with Crippen molar-refractivity contribution in [3.8, 4) is 0 Å². The van der Waals surface area contributed by atoms with E-state index in [4.69, 9.17) is 0 Å². The van der Waals surface area contributed by atoms with Crippen LogP contribution in [0, 0.1) is 0 Å². The second kappa shape index (κ2) is 5.71. The Morgan fingerprint density at radius 1 is 1.56 bits per heavy atom. The number of aromatic nitrogens is 1. The van der Waals surface area contributed by atoms with Crippen molar-refractivity contribution < 1.29 is 4.79 Å². The Bertz CT molecular complexity index is 519. The summed E-state index contributed by atoms with van der Waals surface area (Å²) in [5, 5.41) is 2.03. The highest BCUT2D eigenvalue weighted by Gasteiger charge is 2.20. The van der Waals surface area contributed by atoms with Crippen LogP contribution in [0.4, 0.5) is 0 Å². The van der Waals surface area contributed by atoms with Crippen molar-refractivity contribution in [2.24, 2.45) is 0 Å². The molecule has 0 saturated heterocycles. The first-order valence-electron chi connectivity index (χ1n) is 5.75. The standard InChI is InChI=1S/C13H15BrN2OS/c1-9(2)16(8-11-4-3-5-18-11)13(17)12-6-10(14)7-15-12/h3-7,9,15H,8H2,1-2H3. The molecule has 0 atom stereocenters. The van der Waals surface area contributed by atoms with Gasteiger partial charge in [-0.1, -0.05) is 6.07 Å². The molecule has 18 heavy (non-hydrogen) atoms. The van der Waals surface area contributed by atoms with Gasteiger partial charge in [-0.05, 0) is 47.3 Å². The zero-order chi connectivity index (χ0) is 13.1. The Kier molecular flexibility index (Phi) is 4.24. The smallest absolute Gasteiger partial charge is 0.270 e. The molecular weight excluding hydrogens is 312 g/mol. The third-order valence-corrected chi connectivity index (χ3v) is 3.99. The van der Waals surface area contributed by atoms with Gasteiger partial charge in [0.15, 0.2) is 0 Å². The molecule has 0 saturated carbocycles. The summed E-state index contributed by atoms with van der Waals surface area (Å²) in [6.07, 6.45) is 1.77. The Morgan fingerprint density at radius 2 is 2.33 bits per heavy atom. The molecule has 0 spiro atoms. The normalized spacial score (nSPS) is 10.9. The van der Waals surface area contributed by atoms with Crippen LogP contribution in [0.25, 0.3) is 0 Å². The van der Waals surface area contributed by atoms with Gasteiger partial charge in [0, 0.05) is 21.6 Å². The van der Waals surface area contributed by atoms with E-state index in [9.17, 15) is 4.79 Å². The number of hydrogen-bond acceptors (Lipinski definition) is 2. The van der Waals surface area contributed by atoms with Gasteiger partial charge in [0.25, 0.3) is 5.91 Å². The minimum atomic E-state index is 0.0316. The van der Waals surface area contributed by atoms with E-state index in [1.54, 1.807) is 17.5 Å². The van der Waals surface area contributed by atoms with E-state index in [0.29, 0.717) is 12.2 Å². The molecule has 0 bridgehead atoms. The molecule has 1 N–H and O–H groups in total. The lowest BCUT2D eigenvalue weighted by Crippen LogP contribution is -2.36. The van der Waals surface area contributed by atoms with E-state index in [1.165, 1.54) is 4.88 Å². The number of H-pyrrole nitrogens is 1. The first kappa shape index (κ1) is 13.4. The number of halogens is 1. The molecule has 96 valence electrons. The lowest BCUT2D eigenvalue weighted by molar-refractivity contribution is 0.0687. The van der Waals surface area contributed by atoms with Crippen LogP contribution in [0.3, 0.4) is 0 Å². The minimum absolute atomic E-state index is 0.0316. The summed E-state index contributed by atoms with van der Waals surface area (Å²) in [5.41, 5.74) is 0.618. The highest BCUT2D eigenvalue weighted by atomic mass is 79.9. The summed E-state index contributed by atoms with van der Waals surface area (Å²) in [5.74, 6) is 0.0316. The van der Waals surface area contributed by atoms with Gasteiger partial charge in [0.2, 0.25) is 0 Å². The number of nitrogens with one attached hydrogen (secondary N) is 1. The van der Waals surface area contributed by atoms with Crippen LogP contribution in [0.1, 0.15) is 29.2 Å². The number of carbonyl (C=O) groups excluding carboxylic acids is 1. The molecule has 0 radical (unpaired) electrons. The highest BCUT2D eigenvalue weighted by Crippen LogP contribution is 2.18.